The molecule has 0 amide bonds. The van der Waals surface area contributed by atoms with E-state index >= 15 is 0 Å². The maximum Gasteiger partial charge on any atom is 0.423 e. The summed E-state index contributed by atoms with van der Waals surface area (Å²) >= 11 is 0. The SMILES string of the molecule is CN(C)CCOc1cc2c(cc1F)CN(c1cn[nH]c(=O)c1C(F)(F)F)C2. The van der Waals surface area contributed by atoms with Crippen molar-refractivity contribution in [3.05, 3.63) is 51.2 Å². The van der Waals surface area contributed by atoms with Crippen molar-refractivity contribution in [3.63, 3.8) is 0 Å². The molecule has 1 aromatic heterocycles. The van der Waals surface area contributed by atoms with Crippen LogP contribution in [-0.2, 0) is 19.3 Å². The zero-order chi connectivity index (χ0) is 19.8. The molecule has 2 heterocycles. The molecule has 1 aromatic carbocycles. The topological polar surface area (TPSA) is 61.5 Å². The van der Waals surface area contributed by atoms with Gasteiger partial charge in [-0.3, -0.25) is 4.79 Å². The third-order valence-corrected chi connectivity index (χ3v) is 4.23. The molecule has 0 spiro atoms. The third kappa shape index (κ3) is 4.05. The van der Waals surface area contributed by atoms with Gasteiger partial charge in [0.05, 0.1) is 11.9 Å². The number of nitrogens with one attached hydrogen (secondary N) is 1. The first-order chi connectivity index (χ1) is 12.7. The fourth-order valence-corrected chi connectivity index (χ4v) is 2.92. The maximum absolute atomic E-state index is 14.2. The first-order valence-electron chi connectivity index (χ1n) is 8.15. The van der Waals surface area contributed by atoms with Gasteiger partial charge in [0.2, 0.25) is 0 Å². The van der Waals surface area contributed by atoms with Crippen molar-refractivity contribution in [3.8, 4) is 5.75 Å². The number of ether oxygens (including phenoxy) is 1. The minimum absolute atomic E-state index is 0.0401. The molecule has 0 atom stereocenters. The average Bonchev–Trinajstić information content (AvgIpc) is 2.96. The van der Waals surface area contributed by atoms with E-state index in [0.29, 0.717) is 17.7 Å². The van der Waals surface area contributed by atoms with Crippen LogP contribution >= 0.6 is 0 Å². The van der Waals surface area contributed by atoms with Gasteiger partial charge in [0.1, 0.15) is 12.2 Å². The van der Waals surface area contributed by atoms with Crippen LogP contribution in [0.5, 0.6) is 5.75 Å². The Morgan fingerprint density at radius 2 is 1.93 bits per heavy atom. The number of rotatable bonds is 5. The number of fused-ring (bicyclic) bond motifs is 1. The summed E-state index contributed by atoms with van der Waals surface area (Å²) in [7, 11) is 3.71. The molecule has 6 nitrogen and oxygen atoms in total. The Balaban J connectivity index is 1.87. The zero-order valence-electron chi connectivity index (χ0n) is 14.7. The normalized spacial score (nSPS) is 14.0. The van der Waals surface area contributed by atoms with E-state index in [0.717, 1.165) is 6.20 Å². The zero-order valence-corrected chi connectivity index (χ0v) is 14.7. The predicted octanol–water partition coefficient (Wildman–Crippen LogP) is 2.39. The minimum atomic E-state index is -4.83. The number of halogens is 4. The quantitative estimate of drug-likeness (QED) is 0.800. The number of likely N-dealkylation sites (N-methyl/N-ethyl adjacent to an activating group) is 1. The number of hydrogen-bond acceptors (Lipinski definition) is 5. The summed E-state index contributed by atoms with van der Waals surface area (Å²) in [5.74, 6) is -0.521. The average molecular weight is 386 g/mol. The molecule has 0 aliphatic carbocycles. The van der Waals surface area contributed by atoms with Crippen LogP contribution in [0.4, 0.5) is 23.2 Å². The Kier molecular flexibility index (Phi) is 5.09. The van der Waals surface area contributed by atoms with Gasteiger partial charge in [-0.05, 0) is 37.4 Å². The molecule has 10 heteroatoms. The maximum atomic E-state index is 14.2. The van der Waals surface area contributed by atoms with Crippen molar-refractivity contribution in [2.45, 2.75) is 19.3 Å². The number of anilines is 1. The van der Waals surface area contributed by atoms with E-state index in [9.17, 15) is 22.4 Å². The van der Waals surface area contributed by atoms with Crippen LogP contribution in [0, 0.1) is 5.82 Å². The summed E-state index contributed by atoms with van der Waals surface area (Å²) in [4.78, 5) is 14.9. The van der Waals surface area contributed by atoms with E-state index in [-0.39, 0.29) is 31.1 Å². The summed E-state index contributed by atoms with van der Waals surface area (Å²) in [5, 5.41) is 5.28. The van der Waals surface area contributed by atoms with E-state index in [2.05, 4.69) is 5.10 Å². The van der Waals surface area contributed by atoms with Gasteiger partial charge < -0.3 is 14.5 Å². The predicted molar refractivity (Wildman–Crippen MR) is 90.2 cm³/mol. The monoisotopic (exact) mass is 386 g/mol. The molecule has 1 N–H and O–H groups in total. The highest BCUT2D eigenvalue weighted by Crippen LogP contribution is 2.38. The molecule has 2 aromatic rings. The van der Waals surface area contributed by atoms with Gasteiger partial charge in [-0.2, -0.15) is 18.3 Å². The van der Waals surface area contributed by atoms with E-state index < -0.39 is 23.1 Å². The van der Waals surface area contributed by atoms with Crippen LogP contribution in [-0.4, -0.2) is 42.3 Å². The molecule has 146 valence electrons. The summed E-state index contributed by atoms with van der Waals surface area (Å²) in [6.45, 7) is 1.00. The number of hydrogen-bond donors (Lipinski definition) is 1. The summed E-state index contributed by atoms with van der Waals surface area (Å²) in [5.41, 5.74) is -1.77. The highest BCUT2D eigenvalue weighted by Gasteiger charge is 2.39. The summed E-state index contributed by atoms with van der Waals surface area (Å²) in [6.07, 6.45) is -3.87. The number of aromatic nitrogens is 2. The molecule has 0 saturated carbocycles. The van der Waals surface area contributed by atoms with E-state index in [1.54, 1.807) is 5.10 Å². The molecule has 3 rings (SSSR count). The molecular formula is C17H18F4N4O2. The second-order valence-corrected chi connectivity index (χ2v) is 6.52. The summed E-state index contributed by atoms with van der Waals surface area (Å²) in [6, 6.07) is 2.75. The van der Waals surface area contributed by atoms with Gasteiger partial charge in [0.15, 0.2) is 11.6 Å². The van der Waals surface area contributed by atoms with Crippen LogP contribution < -0.4 is 15.2 Å². The lowest BCUT2D eigenvalue weighted by molar-refractivity contribution is -0.138. The highest BCUT2D eigenvalue weighted by atomic mass is 19.4. The molecule has 0 unspecified atom stereocenters. The van der Waals surface area contributed by atoms with Crippen molar-refractivity contribution in [1.29, 1.82) is 0 Å². The molecular weight excluding hydrogens is 368 g/mol. The van der Waals surface area contributed by atoms with Crippen molar-refractivity contribution in [2.75, 3.05) is 32.1 Å². The van der Waals surface area contributed by atoms with Crippen LogP contribution in [0.15, 0.2) is 23.1 Å². The molecule has 0 radical (unpaired) electrons. The Bertz CT molecular complexity index is 895. The molecule has 0 saturated heterocycles. The van der Waals surface area contributed by atoms with Gasteiger partial charge in [-0.1, -0.05) is 0 Å². The van der Waals surface area contributed by atoms with Gasteiger partial charge in [-0.25, -0.2) is 9.49 Å². The Morgan fingerprint density at radius 1 is 1.26 bits per heavy atom. The lowest BCUT2D eigenvalue weighted by atomic mass is 10.1. The fraction of sp³-hybridized carbons (Fsp3) is 0.412. The molecule has 27 heavy (non-hydrogen) atoms. The van der Waals surface area contributed by atoms with Crippen molar-refractivity contribution in [2.24, 2.45) is 0 Å². The second-order valence-electron chi connectivity index (χ2n) is 6.52. The highest BCUT2D eigenvalue weighted by molar-refractivity contribution is 5.57. The smallest absolute Gasteiger partial charge is 0.423 e. The number of H-pyrrole nitrogens is 1. The van der Waals surface area contributed by atoms with Crippen molar-refractivity contribution < 1.29 is 22.3 Å². The summed E-state index contributed by atoms with van der Waals surface area (Å²) < 4.78 is 59.5. The minimum Gasteiger partial charge on any atom is -0.489 e. The molecule has 0 bridgehead atoms. The van der Waals surface area contributed by atoms with E-state index in [1.807, 2.05) is 19.0 Å². The Morgan fingerprint density at radius 3 is 2.56 bits per heavy atom. The van der Waals surface area contributed by atoms with Crippen LogP contribution in [0.1, 0.15) is 16.7 Å². The van der Waals surface area contributed by atoms with E-state index in [1.165, 1.54) is 17.0 Å². The number of benzene rings is 1. The molecule has 0 fully saturated rings. The van der Waals surface area contributed by atoms with Gasteiger partial charge in [0, 0.05) is 19.6 Å². The Hall–Kier alpha value is -2.62. The first kappa shape index (κ1) is 19.2. The van der Waals surface area contributed by atoms with E-state index in [4.69, 9.17) is 4.74 Å². The van der Waals surface area contributed by atoms with Gasteiger partial charge >= 0.3 is 6.18 Å². The first-order valence-corrected chi connectivity index (χ1v) is 8.15. The molecule has 1 aliphatic rings. The fourth-order valence-electron chi connectivity index (χ4n) is 2.92. The lowest BCUT2D eigenvalue weighted by Crippen LogP contribution is -2.28. The van der Waals surface area contributed by atoms with Gasteiger partial charge in [0.25, 0.3) is 5.56 Å². The van der Waals surface area contributed by atoms with Gasteiger partial charge in [-0.15, -0.1) is 0 Å². The van der Waals surface area contributed by atoms with Crippen LogP contribution in [0.2, 0.25) is 0 Å². The third-order valence-electron chi connectivity index (χ3n) is 4.23. The molecule has 1 aliphatic heterocycles. The largest absolute Gasteiger partial charge is 0.489 e. The van der Waals surface area contributed by atoms with Crippen LogP contribution in [0.3, 0.4) is 0 Å². The van der Waals surface area contributed by atoms with Crippen LogP contribution in [0.25, 0.3) is 0 Å². The van der Waals surface area contributed by atoms with Crippen molar-refractivity contribution >= 4 is 5.69 Å². The number of nitrogens with zero attached hydrogens (tertiary/aromatic N) is 3. The number of alkyl halides is 3. The second kappa shape index (κ2) is 7.18. The standard InChI is InChI=1S/C17H18F4N4O2/c1-24(2)3-4-27-14-6-11-9-25(8-10(11)5-12(14)18)13-7-22-23-16(26)15(13)17(19,20)21/h5-7H,3-4,8-9H2,1-2H3,(H,23,26). The van der Waals surface area contributed by atoms with Crippen molar-refractivity contribution in [1.82, 2.24) is 15.1 Å². The Labute approximate surface area is 152 Å². The lowest BCUT2D eigenvalue weighted by Gasteiger charge is -2.21. The number of aromatic amines is 1.